The van der Waals surface area contributed by atoms with Gasteiger partial charge in [0, 0.05) is 35.1 Å². The fourth-order valence-electron chi connectivity index (χ4n) is 4.52. The van der Waals surface area contributed by atoms with Crippen LogP contribution in [-0.2, 0) is 0 Å². The minimum atomic E-state index is 0.0425. The second-order valence-electron chi connectivity index (χ2n) is 7.63. The molecule has 4 heterocycles. The van der Waals surface area contributed by atoms with Gasteiger partial charge in [-0.15, -0.1) is 0 Å². The molecule has 2 aliphatic rings. The van der Waals surface area contributed by atoms with Crippen molar-refractivity contribution in [3.05, 3.63) is 83.4 Å². The van der Waals surface area contributed by atoms with Crippen molar-refractivity contribution >= 4 is 16.9 Å². The van der Waals surface area contributed by atoms with Gasteiger partial charge in [0.2, 0.25) is 0 Å². The van der Waals surface area contributed by atoms with Gasteiger partial charge in [0.1, 0.15) is 6.04 Å². The van der Waals surface area contributed by atoms with Crippen molar-refractivity contribution in [3.63, 3.8) is 0 Å². The number of nitrogens with zero attached hydrogens (tertiary/aromatic N) is 4. The molecule has 0 N–H and O–H groups in total. The van der Waals surface area contributed by atoms with Gasteiger partial charge in [0.15, 0.2) is 5.17 Å². The molecule has 0 unspecified atom stereocenters. The van der Waals surface area contributed by atoms with Gasteiger partial charge in [0.25, 0.3) is 0 Å². The number of rotatable bonds is 3. The molecule has 3 atom stereocenters. The first-order valence-corrected chi connectivity index (χ1v) is 10.7. The van der Waals surface area contributed by atoms with Crippen LogP contribution in [0.1, 0.15) is 41.7 Å². The highest BCUT2D eigenvalue weighted by Gasteiger charge is 2.44. The number of thioether (sulfide) groups is 1. The summed E-state index contributed by atoms with van der Waals surface area (Å²) in [4.78, 5) is 12.3. The third-order valence-corrected chi connectivity index (χ3v) is 6.79. The van der Waals surface area contributed by atoms with E-state index in [0.29, 0.717) is 5.25 Å². The zero-order valence-corrected chi connectivity index (χ0v) is 17.2. The summed E-state index contributed by atoms with van der Waals surface area (Å²) >= 11 is 1.89. The monoisotopic (exact) mass is 388 g/mol. The number of aliphatic imine (C=N–C) groups is 1. The predicted molar refractivity (Wildman–Crippen MR) is 116 cm³/mol. The number of benzene rings is 1. The predicted octanol–water partition coefficient (Wildman–Crippen LogP) is 5.08. The standard InChI is InChI=1S/C23H24N4S/c1-15-13-19(17(3)27(15)18-9-5-4-6-10-18)22-21(20-11-7-8-12-24-20)25-23-26(22)14-16(2)28-23/h4-13,16,21-22H,14H2,1-3H3/t16-,21-,22+/m0/s1. The summed E-state index contributed by atoms with van der Waals surface area (Å²) in [7, 11) is 0. The Morgan fingerprint density at radius 3 is 2.57 bits per heavy atom. The summed E-state index contributed by atoms with van der Waals surface area (Å²) in [6.07, 6.45) is 1.87. The maximum Gasteiger partial charge on any atom is 0.160 e. The van der Waals surface area contributed by atoms with Crippen LogP contribution in [-0.4, -0.2) is 31.4 Å². The highest BCUT2D eigenvalue weighted by molar-refractivity contribution is 8.14. The van der Waals surface area contributed by atoms with Gasteiger partial charge in [0.05, 0.1) is 11.7 Å². The summed E-state index contributed by atoms with van der Waals surface area (Å²) < 4.78 is 2.36. The Kier molecular flexibility index (Phi) is 4.27. The molecular weight excluding hydrogens is 364 g/mol. The van der Waals surface area contributed by atoms with Crippen molar-refractivity contribution in [2.24, 2.45) is 4.99 Å². The summed E-state index contributed by atoms with van der Waals surface area (Å²) in [6, 6.07) is 19.3. The van der Waals surface area contributed by atoms with Crippen molar-refractivity contribution in [1.82, 2.24) is 14.5 Å². The van der Waals surface area contributed by atoms with E-state index < -0.39 is 0 Å². The minimum absolute atomic E-state index is 0.0425. The van der Waals surface area contributed by atoms with Crippen molar-refractivity contribution in [1.29, 1.82) is 0 Å². The van der Waals surface area contributed by atoms with Crippen molar-refractivity contribution in [2.75, 3.05) is 6.54 Å². The lowest BCUT2D eigenvalue weighted by atomic mass is 9.96. The lowest BCUT2D eigenvalue weighted by Crippen LogP contribution is -2.28. The van der Waals surface area contributed by atoms with E-state index in [0.717, 1.165) is 17.4 Å². The lowest BCUT2D eigenvalue weighted by molar-refractivity contribution is 0.320. The number of fused-ring (bicyclic) bond motifs is 1. The Morgan fingerprint density at radius 2 is 1.82 bits per heavy atom. The molecule has 0 bridgehead atoms. The van der Waals surface area contributed by atoms with Gasteiger partial charge in [-0.2, -0.15) is 0 Å². The molecule has 3 aromatic rings. The Hall–Kier alpha value is -2.53. The van der Waals surface area contributed by atoms with E-state index in [1.165, 1.54) is 22.6 Å². The summed E-state index contributed by atoms with van der Waals surface area (Å²) in [5, 5.41) is 1.74. The number of hydrogen-bond donors (Lipinski definition) is 0. The average Bonchev–Trinajstić information content (AvgIpc) is 3.33. The molecule has 0 spiro atoms. The normalized spacial score (nSPS) is 23.8. The number of para-hydroxylation sites is 1. The van der Waals surface area contributed by atoms with Crippen LogP contribution in [0.2, 0.25) is 0 Å². The number of hydrogen-bond acceptors (Lipinski definition) is 4. The highest BCUT2D eigenvalue weighted by atomic mass is 32.2. The van der Waals surface area contributed by atoms with E-state index >= 15 is 0 Å². The molecule has 0 saturated carbocycles. The molecule has 1 fully saturated rings. The molecule has 28 heavy (non-hydrogen) atoms. The zero-order chi connectivity index (χ0) is 19.3. The van der Waals surface area contributed by atoms with Gasteiger partial charge in [-0.05, 0) is 49.7 Å². The van der Waals surface area contributed by atoms with Crippen LogP contribution in [0.3, 0.4) is 0 Å². The van der Waals surface area contributed by atoms with E-state index in [1.807, 2.05) is 24.0 Å². The molecule has 1 saturated heterocycles. The molecule has 1 aromatic carbocycles. The molecule has 5 heteroatoms. The largest absolute Gasteiger partial charge is 0.341 e. The first kappa shape index (κ1) is 17.6. The minimum Gasteiger partial charge on any atom is -0.341 e. The lowest BCUT2D eigenvalue weighted by Gasteiger charge is -2.27. The fourth-order valence-corrected chi connectivity index (χ4v) is 5.61. The van der Waals surface area contributed by atoms with E-state index in [-0.39, 0.29) is 12.1 Å². The summed E-state index contributed by atoms with van der Waals surface area (Å²) in [5.74, 6) is 0. The second kappa shape index (κ2) is 6.82. The number of aryl methyl sites for hydroxylation is 1. The third-order valence-electron chi connectivity index (χ3n) is 5.68. The quantitative estimate of drug-likeness (QED) is 0.627. The number of amidine groups is 1. The first-order valence-electron chi connectivity index (χ1n) is 9.80. The van der Waals surface area contributed by atoms with E-state index in [1.54, 1.807) is 0 Å². The van der Waals surface area contributed by atoms with Crippen LogP contribution < -0.4 is 0 Å². The molecule has 0 aliphatic carbocycles. The van der Waals surface area contributed by atoms with Crippen LogP contribution in [0, 0.1) is 13.8 Å². The highest BCUT2D eigenvalue weighted by Crippen LogP contribution is 2.48. The molecule has 5 rings (SSSR count). The molecule has 0 amide bonds. The van der Waals surface area contributed by atoms with Gasteiger partial charge in [-0.1, -0.05) is 43.0 Å². The van der Waals surface area contributed by atoms with Crippen LogP contribution in [0.5, 0.6) is 0 Å². The van der Waals surface area contributed by atoms with Gasteiger partial charge in [-0.25, -0.2) is 0 Å². The summed E-state index contributed by atoms with van der Waals surface area (Å²) in [6.45, 7) is 7.74. The molecule has 4 nitrogen and oxygen atoms in total. The van der Waals surface area contributed by atoms with Crippen molar-refractivity contribution < 1.29 is 0 Å². The summed E-state index contributed by atoms with van der Waals surface area (Å²) in [5.41, 5.74) is 6.15. The zero-order valence-electron chi connectivity index (χ0n) is 16.4. The molecule has 2 aromatic heterocycles. The fraction of sp³-hybridized carbons (Fsp3) is 0.304. The van der Waals surface area contributed by atoms with E-state index in [2.05, 4.69) is 83.8 Å². The van der Waals surface area contributed by atoms with Crippen molar-refractivity contribution in [3.8, 4) is 5.69 Å². The maximum atomic E-state index is 5.12. The van der Waals surface area contributed by atoms with Gasteiger partial charge >= 0.3 is 0 Å². The number of aromatic nitrogens is 2. The van der Waals surface area contributed by atoms with E-state index in [4.69, 9.17) is 4.99 Å². The first-order chi connectivity index (χ1) is 13.6. The smallest absolute Gasteiger partial charge is 0.160 e. The Morgan fingerprint density at radius 1 is 1.04 bits per heavy atom. The van der Waals surface area contributed by atoms with E-state index in [9.17, 15) is 0 Å². The molecular formula is C23H24N4S. The van der Waals surface area contributed by atoms with Crippen LogP contribution in [0.15, 0.2) is 65.8 Å². The molecule has 2 aliphatic heterocycles. The van der Waals surface area contributed by atoms with Crippen molar-refractivity contribution in [2.45, 2.75) is 38.1 Å². The van der Waals surface area contributed by atoms with Gasteiger partial charge < -0.3 is 9.47 Å². The Labute approximate surface area is 170 Å². The molecule has 0 radical (unpaired) electrons. The SMILES string of the molecule is Cc1cc([C@@H]2[C@H](c3ccccn3)N=C3S[C@@H](C)CN32)c(C)n1-c1ccccc1. The molecule has 142 valence electrons. The van der Waals surface area contributed by atoms with Crippen LogP contribution >= 0.6 is 11.8 Å². The maximum absolute atomic E-state index is 5.12. The van der Waals surface area contributed by atoms with Crippen LogP contribution in [0.25, 0.3) is 5.69 Å². The Balaban J connectivity index is 1.63. The van der Waals surface area contributed by atoms with Gasteiger partial charge in [-0.3, -0.25) is 9.98 Å². The Bertz CT molecular complexity index is 1030. The van der Waals surface area contributed by atoms with Crippen LogP contribution in [0.4, 0.5) is 0 Å². The average molecular weight is 389 g/mol. The second-order valence-corrected chi connectivity index (χ2v) is 9.04. The topological polar surface area (TPSA) is 33.4 Å². The number of pyridine rings is 1. The third kappa shape index (κ3) is 2.76.